The van der Waals surface area contributed by atoms with Crippen molar-refractivity contribution in [2.24, 2.45) is 5.41 Å². The third-order valence-electron chi connectivity index (χ3n) is 4.89. The van der Waals surface area contributed by atoms with Gasteiger partial charge in [0.2, 0.25) is 0 Å². The first-order valence-corrected chi connectivity index (χ1v) is 10.4. The van der Waals surface area contributed by atoms with Crippen LogP contribution in [0.25, 0.3) is 11.3 Å². The zero-order valence-electron chi connectivity index (χ0n) is 18.7. The zero-order chi connectivity index (χ0) is 21.1. The summed E-state index contributed by atoms with van der Waals surface area (Å²) in [7, 11) is 0. The molecular formula is C25H34N4. The van der Waals surface area contributed by atoms with Crippen LogP contribution in [-0.4, -0.2) is 20.5 Å². The Morgan fingerprint density at radius 1 is 0.897 bits per heavy atom. The molecule has 0 aliphatic carbocycles. The third-order valence-corrected chi connectivity index (χ3v) is 4.89. The van der Waals surface area contributed by atoms with Gasteiger partial charge in [-0.2, -0.15) is 15.0 Å². The van der Waals surface area contributed by atoms with E-state index in [0.29, 0.717) is 13.1 Å². The first kappa shape index (κ1) is 21.3. The molecule has 0 aliphatic heterocycles. The molecule has 0 saturated carbocycles. The fourth-order valence-corrected chi connectivity index (χ4v) is 4.08. The van der Waals surface area contributed by atoms with E-state index < -0.39 is 0 Å². The molecule has 1 aromatic heterocycles. The van der Waals surface area contributed by atoms with Crippen LogP contribution in [0.4, 0.5) is 0 Å². The van der Waals surface area contributed by atoms with Crippen LogP contribution in [0.3, 0.4) is 0 Å². The molecular weight excluding hydrogens is 356 g/mol. The van der Waals surface area contributed by atoms with Crippen molar-refractivity contribution in [3.8, 4) is 11.3 Å². The summed E-state index contributed by atoms with van der Waals surface area (Å²) < 4.78 is 0. The number of benzene rings is 2. The van der Waals surface area contributed by atoms with Crippen LogP contribution >= 0.6 is 0 Å². The molecule has 0 saturated heterocycles. The maximum atomic E-state index is 4.85. The minimum absolute atomic E-state index is 0.0204. The van der Waals surface area contributed by atoms with Crippen LogP contribution in [0.5, 0.6) is 0 Å². The molecule has 3 rings (SSSR count). The predicted octanol–water partition coefficient (Wildman–Crippen LogP) is 5.61. The highest BCUT2D eigenvalue weighted by atomic mass is 15.5. The van der Waals surface area contributed by atoms with Crippen LogP contribution in [0.1, 0.15) is 57.9 Å². The molecule has 1 heterocycles. The van der Waals surface area contributed by atoms with Crippen LogP contribution in [0.15, 0.2) is 54.6 Å². The van der Waals surface area contributed by atoms with E-state index >= 15 is 0 Å². The van der Waals surface area contributed by atoms with Gasteiger partial charge in [-0.15, -0.1) is 0 Å². The van der Waals surface area contributed by atoms with E-state index in [1.54, 1.807) is 0 Å². The van der Waals surface area contributed by atoms with Crippen molar-refractivity contribution in [1.82, 2.24) is 20.3 Å². The minimum atomic E-state index is 0.0204. The van der Waals surface area contributed by atoms with E-state index in [9.17, 15) is 0 Å². The van der Waals surface area contributed by atoms with Gasteiger partial charge in [0.05, 0.1) is 6.54 Å². The summed E-state index contributed by atoms with van der Waals surface area (Å²) in [4.78, 5) is 1.82. The van der Waals surface area contributed by atoms with Crippen molar-refractivity contribution in [3.63, 3.8) is 0 Å². The van der Waals surface area contributed by atoms with E-state index in [1.807, 2.05) is 10.9 Å². The molecule has 1 N–H and O–H groups in total. The quantitative estimate of drug-likeness (QED) is 0.570. The first-order chi connectivity index (χ1) is 13.6. The maximum Gasteiger partial charge on any atom is 0.117 e. The second-order valence-corrected chi connectivity index (χ2v) is 9.86. The SMILES string of the molecule is Cc1cccc(Cn2nc(CNC(C)(C)CC(C)(C)C)c(-c3ccccc3)n2)c1. The lowest BCUT2D eigenvalue weighted by Crippen LogP contribution is -2.42. The summed E-state index contributed by atoms with van der Waals surface area (Å²) >= 11 is 0. The predicted molar refractivity (Wildman–Crippen MR) is 121 cm³/mol. The summed E-state index contributed by atoms with van der Waals surface area (Å²) in [6.45, 7) is 14.9. The van der Waals surface area contributed by atoms with Crippen molar-refractivity contribution in [2.75, 3.05) is 0 Å². The first-order valence-electron chi connectivity index (χ1n) is 10.4. The molecule has 0 fully saturated rings. The van der Waals surface area contributed by atoms with Gasteiger partial charge in [-0.3, -0.25) is 0 Å². The number of hydrogen-bond donors (Lipinski definition) is 1. The molecule has 0 unspecified atom stereocenters. The second-order valence-electron chi connectivity index (χ2n) is 9.86. The normalized spacial score (nSPS) is 12.3. The average Bonchev–Trinajstić information content (AvgIpc) is 3.02. The topological polar surface area (TPSA) is 42.7 Å². The smallest absolute Gasteiger partial charge is 0.117 e. The van der Waals surface area contributed by atoms with Crippen molar-refractivity contribution >= 4 is 0 Å². The molecule has 0 spiro atoms. The Morgan fingerprint density at radius 2 is 1.62 bits per heavy atom. The van der Waals surface area contributed by atoms with Crippen LogP contribution < -0.4 is 5.32 Å². The minimum Gasteiger partial charge on any atom is -0.306 e. The average molecular weight is 391 g/mol. The summed E-state index contributed by atoms with van der Waals surface area (Å²) in [5.41, 5.74) is 5.81. The van der Waals surface area contributed by atoms with Crippen LogP contribution in [0.2, 0.25) is 0 Å². The summed E-state index contributed by atoms with van der Waals surface area (Å²) in [5, 5.41) is 13.4. The Bertz CT molecular complexity index is 933. The fraction of sp³-hybridized carbons (Fsp3) is 0.440. The Kier molecular flexibility index (Phi) is 6.23. The molecule has 4 heteroatoms. The molecule has 154 valence electrons. The van der Waals surface area contributed by atoms with Gasteiger partial charge in [0.15, 0.2) is 0 Å². The Morgan fingerprint density at radius 3 is 2.28 bits per heavy atom. The monoisotopic (exact) mass is 390 g/mol. The largest absolute Gasteiger partial charge is 0.306 e. The van der Waals surface area contributed by atoms with Gasteiger partial charge in [0.1, 0.15) is 11.4 Å². The molecule has 0 aliphatic rings. The van der Waals surface area contributed by atoms with Crippen molar-refractivity contribution < 1.29 is 0 Å². The molecule has 3 aromatic rings. The van der Waals surface area contributed by atoms with Crippen LogP contribution in [0, 0.1) is 12.3 Å². The van der Waals surface area contributed by atoms with Gasteiger partial charge in [0, 0.05) is 17.6 Å². The summed E-state index contributed by atoms with van der Waals surface area (Å²) in [6.07, 6.45) is 1.08. The lowest BCUT2D eigenvalue weighted by Gasteiger charge is -2.33. The maximum absolute atomic E-state index is 4.85. The number of hydrogen-bond acceptors (Lipinski definition) is 3. The highest BCUT2D eigenvalue weighted by Gasteiger charge is 2.26. The number of nitrogens with zero attached hydrogens (tertiary/aromatic N) is 3. The van der Waals surface area contributed by atoms with Gasteiger partial charge in [-0.25, -0.2) is 0 Å². The van der Waals surface area contributed by atoms with E-state index in [2.05, 4.69) is 95.4 Å². The summed E-state index contributed by atoms with van der Waals surface area (Å²) in [6, 6.07) is 18.9. The molecule has 29 heavy (non-hydrogen) atoms. The molecule has 2 aromatic carbocycles. The second kappa shape index (κ2) is 8.50. The van der Waals surface area contributed by atoms with E-state index in [4.69, 9.17) is 10.2 Å². The van der Waals surface area contributed by atoms with Crippen molar-refractivity contribution in [2.45, 2.75) is 66.6 Å². The van der Waals surface area contributed by atoms with Crippen molar-refractivity contribution in [3.05, 3.63) is 71.4 Å². The number of aromatic nitrogens is 3. The number of nitrogens with one attached hydrogen (secondary N) is 1. The fourth-order valence-electron chi connectivity index (χ4n) is 4.08. The molecule has 4 nitrogen and oxygen atoms in total. The van der Waals surface area contributed by atoms with Gasteiger partial charge < -0.3 is 5.32 Å². The van der Waals surface area contributed by atoms with Gasteiger partial charge in [0.25, 0.3) is 0 Å². The van der Waals surface area contributed by atoms with Crippen molar-refractivity contribution in [1.29, 1.82) is 0 Å². The van der Waals surface area contributed by atoms with Gasteiger partial charge >= 0.3 is 0 Å². The Balaban J connectivity index is 1.85. The third kappa shape index (κ3) is 6.26. The molecule has 0 amide bonds. The van der Waals surface area contributed by atoms with Gasteiger partial charge in [-0.05, 0) is 38.2 Å². The standard InChI is InChI=1S/C25H34N4/c1-19-11-10-12-20(15-19)17-29-27-22(16-26-25(5,6)18-24(2,3)4)23(28-29)21-13-8-7-9-14-21/h7-15,26H,16-18H2,1-6H3. The van der Waals surface area contributed by atoms with E-state index in [-0.39, 0.29) is 11.0 Å². The Labute approximate surface area is 175 Å². The van der Waals surface area contributed by atoms with Crippen LogP contribution in [-0.2, 0) is 13.1 Å². The molecule has 0 atom stereocenters. The molecule has 0 radical (unpaired) electrons. The Hall–Kier alpha value is -2.46. The zero-order valence-corrected chi connectivity index (χ0v) is 18.7. The highest BCUT2D eigenvalue weighted by molar-refractivity contribution is 5.60. The summed E-state index contributed by atoms with van der Waals surface area (Å²) in [5.74, 6) is 0. The number of aryl methyl sites for hydroxylation is 1. The van der Waals surface area contributed by atoms with E-state index in [0.717, 1.165) is 23.4 Å². The molecule has 0 bridgehead atoms. The lowest BCUT2D eigenvalue weighted by atomic mass is 9.82. The lowest BCUT2D eigenvalue weighted by molar-refractivity contribution is 0.240. The highest BCUT2D eigenvalue weighted by Crippen LogP contribution is 2.28. The number of rotatable bonds is 7. The van der Waals surface area contributed by atoms with E-state index in [1.165, 1.54) is 11.1 Å². The van der Waals surface area contributed by atoms with Gasteiger partial charge in [-0.1, -0.05) is 80.9 Å².